The maximum absolute atomic E-state index is 13.0. The lowest BCUT2D eigenvalue weighted by Gasteiger charge is -2.11. The first-order valence-corrected chi connectivity index (χ1v) is 7.72. The molecule has 0 aliphatic carbocycles. The van der Waals surface area contributed by atoms with Gasteiger partial charge >= 0.3 is 5.97 Å². The van der Waals surface area contributed by atoms with Gasteiger partial charge in [-0.25, -0.2) is 22.4 Å². The van der Waals surface area contributed by atoms with Crippen molar-refractivity contribution in [3.8, 4) is 0 Å². The van der Waals surface area contributed by atoms with Gasteiger partial charge < -0.3 is 10.4 Å². The topological polar surface area (TPSA) is 66.4 Å². The third kappa shape index (κ3) is 4.93. The number of anilines is 1. The average molecular weight is 381 g/mol. The molecule has 0 aliphatic heterocycles. The van der Waals surface area contributed by atoms with Gasteiger partial charge in [-0.3, -0.25) is 4.79 Å². The van der Waals surface area contributed by atoms with Crippen molar-refractivity contribution in [1.82, 2.24) is 0 Å². The molecule has 0 radical (unpaired) electrons. The van der Waals surface area contributed by atoms with Gasteiger partial charge in [0.05, 0.1) is 11.3 Å². The minimum Gasteiger partial charge on any atom is -0.478 e. The Labute approximate surface area is 152 Å². The van der Waals surface area contributed by atoms with Crippen molar-refractivity contribution >= 4 is 23.1 Å². The van der Waals surface area contributed by atoms with Crippen molar-refractivity contribution in [3.05, 3.63) is 70.8 Å². The molecule has 142 valence electrons. The van der Waals surface area contributed by atoms with Crippen LogP contribution in [0, 0.1) is 0 Å². The maximum Gasteiger partial charge on any atom is 0.337 e. The Hall–Kier alpha value is -3.16. The highest BCUT2D eigenvalue weighted by Gasteiger charge is 2.20. The zero-order chi connectivity index (χ0) is 20.1. The third-order valence-electron chi connectivity index (χ3n) is 3.78. The number of hydrogen-bond acceptors (Lipinski definition) is 2. The minimum atomic E-state index is -3.09. The van der Waals surface area contributed by atoms with Crippen LogP contribution in [0.25, 0.3) is 5.57 Å². The van der Waals surface area contributed by atoms with E-state index in [0.29, 0.717) is 0 Å². The van der Waals surface area contributed by atoms with Crippen molar-refractivity contribution in [3.63, 3.8) is 0 Å². The molecule has 1 amide bonds. The molecule has 0 aromatic heterocycles. The van der Waals surface area contributed by atoms with Gasteiger partial charge in [-0.2, -0.15) is 0 Å². The smallest absolute Gasteiger partial charge is 0.337 e. The van der Waals surface area contributed by atoms with Crippen LogP contribution >= 0.6 is 0 Å². The van der Waals surface area contributed by atoms with E-state index in [1.807, 2.05) is 0 Å². The summed E-state index contributed by atoms with van der Waals surface area (Å²) in [4.78, 5) is 23.3. The second-order valence-corrected chi connectivity index (χ2v) is 5.61. The summed E-state index contributed by atoms with van der Waals surface area (Å²) in [7, 11) is 0. The summed E-state index contributed by atoms with van der Waals surface area (Å²) in [5.74, 6) is -1.91. The monoisotopic (exact) mass is 381 g/mol. The van der Waals surface area contributed by atoms with E-state index in [0.717, 1.165) is 18.2 Å². The number of rotatable bonds is 6. The molecule has 8 heteroatoms. The van der Waals surface area contributed by atoms with E-state index < -0.39 is 35.9 Å². The summed E-state index contributed by atoms with van der Waals surface area (Å²) >= 11 is 0. The molecule has 0 aliphatic rings. The SMILES string of the molecule is C/C(=C\C(=O)Nc1ccccc1C(=O)O)c1ccc(C(F)F)c(C(F)F)c1. The van der Waals surface area contributed by atoms with Crippen LogP contribution in [-0.4, -0.2) is 17.0 Å². The Kier molecular flexibility index (Phi) is 6.33. The number of hydrogen-bond donors (Lipinski definition) is 2. The van der Waals surface area contributed by atoms with Crippen molar-refractivity contribution < 1.29 is 32.3 Å². The summed E-state index contributed by atoms with van der Waals surface area (Å²) in [6, 6.07) is 8.78. The van der Waals surface area contributed by atoms with Gasteiger partial charge in [0.2, 0.25) is 5.91 Å². The van der Waals surface area contributed by atoms with Crippen LogP contribution in [0.15, 0.2) is 48.5 Å². The summed E-state index contributed by atoms with van der Waals surface area (Å²) in [5.41, 5.74) is -1.17. The van der Waals surface area contributed by atoms with Gasteiger partial charge in [0.1, 0.15) is 0 Å². The van der Waals surface area contributed by atoms with Crippen LogP contribution in [0.1, 0.15) is 46.8 Å². The summed E-state index contributed by atoms with van der Waals surface area (Å²) < 4.78 is 51.7. The number of carbonyl (C=O) groups excluding carboxylic acids is 1. The molecule has 2 aromatic carbocycles. The molecule has 27 heavy (non-hydrogen) atoms. The number of aromatic carboxylic acids is 1. The second kappa shape index (κ2) is 8.48. The number of carboxylic acid groups (broad SMARTS) is 1. The number of para-hydroxylation sites is 1. The first-order chi connectivity index (χ1) is 12.7. The van der Waals surface area contributed by atoms with Crippen molar-refractivity contribution in [2.75, 3.05) is 5.32 Å². The van der Waals surface area contributed by atoms with Gasteiger partial charge in [0.25, 0.3) is 12.9 Å². The first-order valence-electron chi connectivity index (χ1n) is 7.72. The highest BCUT2D eigenvalue weighted by atomic mass is 19.3. The van der Waals surface area contributed by atoms with Crippen LogP contribution in [-0.2, 0) is 4.79 Å². The predicted molar refractivity (Wildman–Crippen MR) is 92.0 cm³/mol. The van der Waals surface area contributed by atoms with E-state index >= 15 is 0 Å². The quantitative estimate of drug-likeness (QED) is 0.527. The Bertz CT molecular complexity index is 894. The summed E-state index contributed by atoms with van der Waals surface area (Å²) in [6.07, 6.45) is -5.05. The lowest BCUT2D eigenvalue weighted by molar-refractivity contribution is -0.111. The average Bonchev–Trinajstić information content (AvgIpc) is 2.61. The molecule has 2 aromatic rings. The van der Waals surface area contributed by atoms with Crippen LogP contribution in [0.4, 0.5) is 23.2 Å². The fraction of sp³-hybridized carbons (Fsp3) is 0.158. The molecule has 2 rings (SSSR count). The van der Waals surface area contributed by atoms with Gasteiger partial charge in [-0.1, -0.05) is 24.3 Å². The van der Waals surface area contributed by atoms with Crippen molar-refractivity contribution in [2.45, 2.75) is 19.8 Å². The Morgan fingerprint density at radius 3 is 2.22 bits per heavy atom. The number of carbonyl (C=O) groups is 2. The molecule has 0 bridgehead atoms. The normalized spacial score (nSPS) is 11.7. The number of allylic oxidation sites excluding steroid dienone is 1. The van der Waals surface area contributed by atoms with Crippen LogP contribution in [0.3, 0.4) is 0 Å². The second-order valence-electron chi connectivity index (χ2n) is 5.61. The molecule has 0 spiro atoms. The van der Waals surface area contributed by atoms with Crippen LogP contribution in [0.5, 0.6) is 0 Å². The van der Waals surface area contributed by atoms with Gasteiger partial charge in [0.15, 0.2) is 0 Å². The van der Waals surface area contributed by atoms with Gasteiger partial charge in [-0.05, 0) is 36.3 Å². The molecule has 0 unspecified atom stereocenters. The zero-order valence-electron chi connectivity index (χ0n) is 14.0. The number of benzene rings is 2. The number of amides is 1. The lowest BCUT2D eigenvalue weighted by atomic mass is 9.99. The molecule has 0 atom stereocenters. The van der Waals surface area contributed by atoms with E-state index in [4.69, 9.17) is 5.11 Å². The number of carboxylic acids is 1. The van der Waals surface area contributed by atoms with Crippen LogP contribution in [0.2, 0.25) is 0 Å². The minimum absolute atomic E-state index is 0.0698. The largest absolute Gasteiger partial charge is 0.478 e. The molecular weight excluding hydrogens is 366 g/mol. The summed E-state index contributed by atoms with van der Waals surface area (Å²) in [6.45, 7) is 1.45. The van der Waals surface area contributed by atoms with E-state index in [1.54, 1.807) is 0 Å². The highest BCUT2D eigenvalue weighted by molar-refractivity contribution is 6.07. The van der Waals surface area contributed by atoms with E-state index in [9.17, 15) is 27.2 Å². The van der Waals surface area contributed by atoms with Crippen molar-refractivity contribution in [2.24, 2.45) is 0 Å². The van der Waals surface area contributed by atoms with Gasteiger partial charge in [-0.15, -0.1) is 0 Å². The lowest BCUT2D eigenvalue weighted by Crippen LogP contribution is -2.12. The van der Waals surface area contributed by atoms with Gasteiger partial charge in [0, 0.05) is 17.2 Å². The highest BCUT2D eigenvalue weighted by Crippen LogP contribution is 2.32. The maximum atomic E-state index is 13.0. The van der Waals surface area contributed by atoms with Crippen LogP contribution < -0.4 is 5.32 Å². The third-order valence-corrected chi connectivity index (χ3v) is 3.78. The molecular formula is C19H15F4NO3. The molecule has 0 saturated heterocycles. The predicted octanol–water partition coefficient (Wildman–Crippen LogP) is 5.30. The standard InChI is InChI=1S/C19H15F4NO3/c1-10(11-6-7-12(17(20)21)14(9-11)18(22)23)8-16(25)24-15-5-3-2-4-13(15)19(26)27/h2-9,17-18H,1H3,(H,24,25)(H,26,27)/b10-8+. The van der Waals surface area contributed by atoms with E-state index in [2.05, 4.69) is 5.32 Å². The zero-order valence-corrected chi connectivity index (χ0v) is 14.0. The Balaban J connectivity index is 2.28. The van der Waals surface area contributed by atoms with Crippen molar-refractivity contribution in [1.29, 1.82) is 0 Å². The fourth-order valence-electron chi connectivity index (χ4n) is 2.44. The molecule has 4 nitrogen and oxygen atoms in total. The number of nitrogens with one attached hydrogen (secondary N) is 1. The number of alkyl halides is 4. The molecule has 2 N–H and O–H groups in total. The first kappa shape index (κ1) is 20.2. The van der Waals surface area contributed by atoms with E-state index in [1.165, 1.54) is 37.3 Å². The van der Waals surface area contributed by atoms with E-state index in [-0.39, 0.29) is 22.4 Å². The molecule has 0 fully saturated rings. The fourth-order valence-corrected chi connectivity index (χ4v) is 2.44. The number of halogens is 4. The summed E-state index contributed by atoms with van der Waals surface area (Å²) in [5, 5.41) is 11.5. The molecule has 0 heterocycles. The molecule has 0 saturated carbocycles. The Morgan fingerprint density at radius 2 is 1.63 bits per heavy atom. The Morgan fingerprint density at radius 1 is 1.00 bits per heavy atom.